The van der Waals surface area contributed by atoms with E-state index in [9.17, 15) is 0 Å². The number of rotatable bonds is 0. The summed E-state index contributed by atoms with van der Waals surface area (Å²) in [7, 11) is 0. The van der Waals surface area contributed by atoms with Crippen LogP contribution >= 0.6 is 0 Å². The first-order chi connectivity index (χ1) is 1.91. The van der Waals surface area contributed by atoms with Crippen molar-refractivity contribution in [2.24, 2.45) is 5.73 Å². The smallest absolute Gasteiger partial charge is 0.0814 e. The fraction of sp³-hybridized carbons (Fsp3) is 0.333. The van der Waals surface area contributed by atoms with Crippen molar-refractivity contribution in [3.05, 3.63) is 0 Å². The van der Waals surface area contributed by atoms with E-state index < -0.39 is 0 Å². The predicted molar refractivity (Wildman–Crippen MR) is 27.8 cm³/mol. The molecule has 1 nitrogen and oxygen atoms in total. The summed E-state index contributed by atoms with van der Waals surface area (Å²) in [4.78, 5) is 0. The van der Waals surface area contributed by atoms with Crippen LogP contribution < -0.4 is 5.73 Å². The largest absolute Gasteiger partial charge is 0.320 e. The first-order valence-corrected chi connectivity index (χ1v) is 1.05. The van der Waals surface area contributed by atoms with Crippen LogP contribution in [-0.2, 0) is 0 Å². The molecule has 0 radical (unpaired) electrons. The Bertz CT molecular complexity index is 36.6. The Morgan fingerprint density at radius 3 is 2.00 bits per heavy atom. The van der Waals surface area contributed by atoms with Crippen molar-refractivity contribution < 1.29 is 0 Å². The number of hydrogen-bond acceptors (Lipinski definition) is 1. The molecular weight excluding hydrogens is 60.9 g/mol. The molecule has 0 aromatic heterocycles. The third-order valence-electron chi connectivity index (χ3n) is 0.118. The molecule has 0 amide bonds. The number of terminal acetylenes is 1. The third kappa shape index (κ3) is 26.3. The Morgan fingerprint density at radius 1 is 1.80 bits per heavy atom. The fourth-order valence-corrected chi connectivity index (χ4v) is 0. The maximum atomic E-state index is 4.79. The molecule has 0 aliphatic carbocycles. The zero-order chi connectivity index (χ0) is 3.41. The Morgan fingerprint density at radius 2 is 2.00 bits per heavy atom. The molecule has 0 rings (SSSR count). The van der Waals surface area contributed by atoms with Crippen LogP contribution in [0.15, 0.2) is 0 Å². The van der Waals surface area contributed by atoms with Crippen LogP contribution in [0.5, 0.6) is 0 Å². The normalized spacial score (nSPS) is 4.00. The molecule has 0 aromatic rings. The van der Waals surface area contributed by atoms with E-state index in [-0.39, 0.29) is 8.41 Å². The summed E-state index contributed by atoms with van der Waals surface area (Å²) in [6.07, 6.45) is 4.65. The summed E-state index contributed by atoms with van der Waals surface area (Å²) in [5.74, 6) is 2.21. The highest BCUT2D eigenvalue weighted by Gasteiger charge is 1.41. The van der Waals surface area contributed by atoms with Gasteiger partial charge in [0.05, 0.1) is 15.0 Å². The van der Waals surface area contributed by atoms with Crippen LogP contribution in [0.1, 0.15) is 0 Å². The molecule has 0 fully saturated rings. The van der Waals surface area contributed by atoms with Gasteiger partial charge in [-0.25, -0.2) is 0 Å². The van der Waals surface area contributed by atoms with Gasteiger partial charge in [-0.05, 0) is 0 Å². The van der Waals surface area contributed by atoms with E-state index in [1.54, 1.807) is 0 Å². The van der Waals surface area contributed by atoms with Crippen molar-refractivity contribution >= 4 is 8.41 Å². The Labute approximate surface area is 34.1 Å². The molecule has 28 valence electrons. The minimum atomic E-state index is 0. The van der Waals surface area contributed by atoms with Crippen LogP contribution in [0, 0.1) is 12.3 Å². The first kappa shape index (κ1) is 8.82. The number of hydrogen-bond donors (Lipinski definition) is 1. The topological polar surface area (TPSA) is 26.0 Å². The molecule has 0 spiro atoms. The minimum absolute atomic E-state index is 0. The zero-order valence-corrected chi connectivity index (χ0v) is 2.36. The van der Waals surface area contributed by atoms with E-state index in [0.29, 0.717) is 6.54 Å². The van der Waals surface area contributed by atoms with E-state index >= 15 is 0 Å². The van der Waals surface area contributed by atoms with Crippen LogP contribution in [-0.4, -0.2) is 15.0 Å². The molecule has 0 atom stereocenters. The van der Waals surface area contributed by atoms with Gasteiger partial charge in [0.25, 0.3) is 0 Å². The van der Waals surface area contributed by atoms with Crippen LogP contribution in [0.3, 0.4) is 0 Å². The molecule has 2 N–H and O–H groups in total. The van der Waals surface area contributed by atoms with Crippen molar-refractivity contribution in [1.29, 1.82) is 0 Å². The van der Waals surface area contributed by atoms with E-state index in [2.05, 4.69) is 12.3 Å². The summed E-state index contributed by atoms with van der Waals surface area (Å²) >= 11 is 0. The van der Waals surface area contributed by atoms with Crippen LogP contribution in [0.2, 0.25) is 0 Å². The average molecular weight is 68.9 g/mol. The Kier molecular flexibility index (Phi) is 16.8. The van der Waals surface area contributed by atoms with Gasteiger partial charge in [-0.1, -0.05) is 5.92 Å². The lowest BCUT2D eigenvalue weighted by molar-refractivity contribution is 1.30. The highest BCUT2D eigenvalue weighted by Crippen LogP contribution is 1.25. The third-order valence-corrected chi connectivity index (χ3v) is 0.118. The minimum Gasteiger partial charge on any atom is -0.320 e. The van der Waals surface area contributed by atoms with Gasteiger partial charge in [0.15, 0.2) is 0 Å². The lowest BCUT2D eigenvalue weighted by Crippen LogP contribution is -1.91. The van der Waals surface area contributed by atoms with Crippen molar-refractivity contribution in [2.75, 3.05) is 6.54 Å². The molecule has 2 heteroatoms. The maximum Gasteiger partial charge on any atom is 0.0814 e. The van der Waals surface area contributed by atoms with Gasteiger partial charge in [-0.3, -0.25) is 0 Å². The molecule has 0 saturated carbocycles. The molecule has 0 bridgehead atoms. The van der Waals surface area contributed by atoms with Crippen LogP contribution in [0.25, 0.3) is 0 Å². The van der Waals surface area contributed by atoms with Gasteiger partial charge < -0.3 is 5.73 Å². The number of nitrogens with two attached hydrogens (primary N) is 1. The standard InChI is InChI=1S/C3H5N.BH3/c1-2-3-4;/h1H,3-4H2;1H3. The SMILES string of the molecule is B.C#CCN. The second-order valence-corrected chi connectivity index (χ2v) is 0.408. The molecule has 0 saturated heterocycles. The van der Waals surface area contributed by atoms with E-state index in [1.165, 1.54) is 0 Å². The molecule has 0 aliphatic heterocycles. The predicted octanol–water partition coefficient (Wildman–Crippen LogP) is -1.61. The Hall–Kier alpha value is -0.415. The summed E-state index contributed by atoms with van der Waals surface area (Å²) in [6, 6.07) is 0. The molecule has 0 aliphatic rings. The fourth-order valence-electron chi connectivity index (χ4n) is 0. The van der Waals surface area contributed by atoms with Gasteiger partial charge >= 0.3 is 0 Å². The quantitative estimate of drug-likeness (QED) is 0.269. The van der Waals surface area contributed by atoms with Crippen LogP contribution in [0.4, 0.5) is 0 Å². The van der Waals surface area contributed by atoms with Crippen molar-refractivity contribution in [3.63, 3.8) is 0 Å². The molecule has 5 heavy (non-hydrogen) atoms. The van der Waals surface area contributed by atoms with Gasteiger partial charge in [-0.15, -0.1) is 6.42 Å². The molecule has 0 unspecified atom stereocenters. The van der Waals surface area contributed by atoms with Crippen molar-refractivity contribution in [2.45, 2.75) is 0 Å². The van der Waals surface area contributed by atoms with Gasteiger partial charge in [0, 0.05) is 0 Å². The van der Waals surface area contributed by atoms with Gasteiger partial charge in [-0.2, -0.15) is 0 Å². The second-order valence-electron chi connectivity index (χ2n) is 0.408. The van der Waals surface area contributed by atoms with E-state index in [1.807, 2.05) is 0 Å². The summed E-state index contributed by atoms with van der Waals surface area (Å²) in [5.41, 5.74) is 4.79. The van der Waals surface area contributed by atoms with E-state index in [0.717, 1.165) is 0 Å². The summed E-state index contributed by atoms with van der Waals surface area (Å²) in [6.45, 7) is 0.347. The highest BCUT2D eigenvalue weighted by molar-refractivity contribution is 5.75. The van der Waals surface area contributed by atoms with Gasteiger partial charge in [0.1, 0.15) is 0 Å². The molecule has 0 heterocycles. The molecule has 0 aromatic carbocycles. The lowest BCUT2D eigenvalue weighted by Gasteiger charge is -1.56. The van der Waals surface area contributed by atoms with E-state index in [4.69, 9.17) is 5.73 Å². The summed E-state index contributed by atoms with van der Waals surface area (Å²) in [5, 5.41) is 0. The first-order valence-electron chi connectivity index (χ1n) is 1.05. The maximum absolute atomic E-state index is 4.79. The zero-order valence-electron chi connectivity index (χ0n) is 2.36. The summed E-state index contributed by atoms with van der Waals surface area (Å²) < 4.78 is 0. The highest BCUT2D eigenvalue weighted by atomic mass is 14.5. The second kappa shape index (κ2) is 9.54. The van der Waals surface area contributed by atoms with Gasteiger partial charge in [0.2, 0.25) is 0 Å². The van der Waals surface area contributed by atoms with Crippen molar-refractivity contribution in [3.8, 4) is 12.3 Å². The Balaban J connectivity index is 0. The molecular formula is C3H8BN. The van der Waals surface area contributed by atoms with Crippen molar-refractivity contribution in [1.82, 2.24) is 0 Å². The lowest BCUT2D eigenvalue weighted by atomic mass is 10.7. The monoisotopic (exact) mass is 69.1 g/mol. The average Bonchev–Trinajstić information content (AvgIpc) is 1.37.